The van der Waals surface area contributed by atoms with Crippen molar-refractivity contribution in [3.63, 3.8) is 0 Å². The molecule has 0 radical (unpaired) electrons. The smallest absolute Gasteiger partial charge is 0.0315 e. The van der Waals surface area contributed by atoms with Crippen LogP contribution in [0.4, 0.5) is 0 Å². The summed E-state index contributed by atoms with van der Waals surface area (Å²) in [7, 11) is 0. The van der Waals surface area contributed by atoms with Crippen LogP contribution in [-0.2, 0) is 0 Å². The van der Waals surface area contributed by atoms with Gasteiger partial charge in [-0.05, 0) is 147 Å². The highest BCUT2D eigenvalue weighted by Gasteiger charge is 2.82. The van der Waals surface area contributed by atoms with Crippen LogP contribution in [0.2, 0.25) is 0 Å². The van der Waals surface area contributed by atoms with E-state index in [-0.39, 0.29) is 0 Å². The number of hydrogen-bond donors (Lipinski definition) is 0. The van der Waals surface area contributed by atoms with Gasteiger partial charge in [-0.2, -0.15) is 0 Å². The zero-order valence-corrected chi connectivity index (χ0v) is 20.3. The van der Waals surface area contributed by atoms with Crippen molar-refractivity contribution >= 4 is 0 Å². The summed E-state index contributed by atoms with van der Waals surface area (Å²) in [6, 6.07) is 0. The maximum absolute atomic E-state index is 2.36. The van der Waals surface area contributed by atoms with E-state index in [0.717, 1.165) is 5.92 Å². The van der Waals surface area contributed by atoms with Gasteiger partial charge in [0, 0.05) is 0 Å². The molecule has 2 unspecified atom stereocenters. The Balaban J connectivity index is 0.0000000836. The molecule has 172 valence electrons. The molecule has 0 heterocycles. The number of fused-ring (bicyclic) bond motifs is 10. The maximum atomic E-state index is 2.36. The van der Waals surface area contributed by atoms with Crippen LogP contribution >= 0.6 is 0 Å². The monoisotopic (exact) mass is 420 g/mol. The van der Waals surface area contributed by atoms with E-state index in [2.05, 4.69) is 6.92 Å². The lowest BCUT2D eigenvalue weighted by molar-refractivity contribution is 0.139. The van der Waals surface area contributed by atoms with Crippen LogP contribution in [0.1, 0.15) is 103 Å². The van der Waals surface area contributed by atoms with Gasteiger partial charge in [0.25, 0.3) is 0 Å². The van der Waals surface area contributed by atoms with Crippen molar-refractivity contribution in [1.82, 2.24) is 0 Å². The third kappa shape index (κ3) is 2.66. The molecule has 0 saturated heterocycles. The molecule has 11 aliphatic carbocycles. The Morgan fingerprint density at radius 2 is 0.839 bits per heavy atom. The Hall–Kier alpha value is 0. The lowest BCUT2D eigenvalue weighted by atomic mass is 9.71. The molecular formula is C31H48. The lowest BCUT2D eigenvalue weighted by Crippen LogP contribution is -2.29. The van der Waals surface area contributed by atoms with Gasteiger partial charge in [-0.25, -0.2) is 0 Å². The Morgan fingerprint density at radius 1 is 0.355 bits per heavy atom. The summed E-state index contributed by atoms with van der Waals surface area (Å²) < 4.78 is 0. The molecule has 0 nitrogen and oxygen atoms in total. The second kappa shape index (κ2) is 7.01. The van der Waals surface area contributed by atoms with Crippen molar-refractivity contribution in [3.8, 4) is 0 Å². The average Bonchev–Trinajstić information content (AvgIpc) is 3.58. The molecule has 0 aromatic heterocycles. The van der Waals surface area contributed by atoms with E-state index in [9.17, 15) is 0 Å². The van der Waals surface area contributed by atoms with Crippen molar-refractivity contribution in [2.24, 2.45) is 88.8 Å². The average molecular weight is 421 g/mol. The predicted octanol–water partition coefficient (Wildman–Crippen LogP) is 8.21. The van der Waals surface area contributed by atoms with Crippen molar-refractivity contribution in [2.45, 2.75) is 103 Å². The third-order valence-electron chi connectivity index (χ3n) is 13.9. The van der Waals surface area contributed by atoms with Crippen molar-refractivity contribution in [2.75, 3.05) is 0 Å². The molecule has 0 aromatic carbocycles. The molecule has 0 aromatic rings. The highest BCUT2D eigenvalue weighted by Crippen LogP contribution is 2.87. The molecule has 11 aliphatic rings. The van der Waals surface area contributed by atoms with Crippen LogP contribution in [-0.4, -0.2) is 0 Å². The first-order chi connectivity index (χ1) is 15.3. The van der Waals surface area contributed by atoms with Crippen molar-refractivity contribution in [3.05, 3.63) is 0 Å². The Kier molecular flexibility index (Phi) is 4.37. The Morgan fingerprint density at radius 3 is 1.32 bits per heavy atom. The second-order valence-electron chi connectivity index (χ2n) is 14.7. The SMILES string of the molecule is C1C2[C@@H]3[C@H]2[C@@H]2C1[C@H]3[C@@H]1[C@@H]3CC[C@@H](C3)[C@H]21.C1C[C@@H]2[C@H]3CC[C@H](C3)[C@@H]2C1.CC1CCCCC1. The van der Waals surface area contributed by atoms with Crippen LogP contribution in [0.15, 0.2) is 0 Å². The largest absolute Gasteiger partial charge is 0.0625 e. The third-order valence-corrected chi connectivity index (χ3v) is 13.9. The summed E-state index contributed by atoms with van der Waals surface area (Å²) in [5, 5.41) is 0. The Bertz CT molecular complexity index is 657. The normalized spacial score (nSPS) is 62.2. The quantitative estimate of drug-likeness (QED) is 0.370. The summed E-state index contributed by atoms with van der Waals surface area (Å²) in [6.07, 6.45) is 23.6. The number of hydrogen-bond acceptors (Lipinski definition) is 0. The summed E-state index contributed by atoms with van der Waals surface area (Å²) in [6.45, 7) is 2.36. The summed E-state index contributed by atoms with van der Waals surface area (Å²) in [5.41, 5.74) is 0. The summed E-state index contributed by atoms with van der Waals surface area (Å²) in [4.78, 5) is 0. The summed E-state index contributed by atoms with van der Waals surface area (Å²) in [5.74, 6) is 18.6. The fourth-order valence-electron chi connectivity index (χ4n) is 13.2. The minimum Gasteiger partial charge on any atom is -0.0625 e. The molecule has 0 amide bonds. The topological polar surface area (TPSA) is 0 Å². The molecule has 10 bridgehead atoms. The first-order valence-electron chi connectivity index (χ1n) is 15.3. The Labute approximate surface area is 192 Å². The van der Waals surface area contributed by atoms with Crippen LogP contribution in [0.5, 0.6) is 0 Å². The molecule has 0 N–H and O–H groups in total. The molecule has 11 saturated carbocycles. The van der Waals surface area contributed by atoms with Crippen LogP contribution < -0.4 is 0 Å². The van der Waals surface area contributed by atoms with E-state index in [1.54, 1.807) is 64.2 Å². The number of rotatable bonds is 0. The molecule has 31 heavy (non-hydrogen) atoms. The van der Waals surface area contributed by atoms with Crippen LogP contribution in [0.25, 0.3) is 0 Å². The van der Waals surface area contributed by atoms with E-state index in [1.165, 1.54) is 115 Å². The second-order valence-corrected chi connectivity index (χ2v) is 14.7. The van der Waals surface area contributed by atoms with Gasteiger partial charge in [-0.1, -0.05) is 45.4 Å². The minimum atomic E-state index is 1.04. The molecule has 14 atom stereocenters. The summed E-state index contributed by atoms with van der Waals surface area (Å²) >= 11 is 0. The van der Waals surface area contributed by atoms with Gasteiger partial charge in [-0.3, -0.25) is 0 Å². The molecule has 0 spiro atoms. The minimum absolute atomic E-state index is 1.04. The predicted molar refractivity (Wildman–Crippen MR) is 127 cm³/mol. The highest BCUT2D eigenvalue weighted by atomic mass is 14.9. The maximum Gasteiger partial charge on any atom is -0.0315 e. The zero-order valence-electron chi connectivity index (χ0n) is 20.3. The molecule has 11 fully saturated rings. The van der Waals surface area contributed by atoms with E-state index < -0.39 is 0 Å². The van der Waals surface area contributed by atoms with Gasteiger partial charge in [0.2, 0.25) is 0 Å². The standard InChI is InChI=1S/C14H18.C10H16.C7H14/c1-2-6-3-5(1)9-10(6)12-7-4-8-13(11(7)9)14(8)12;1-2-9-7-4-5-8(6-7)10(9)3-1;1-7-5-3-2-4-6-7/h5-14H,1-4H2;7-10H,1-6H2;7H,2-6H2,1H3/t5-,6+,7?,8?,9-,10+,11+,12-,13+,14-;7-,8+,9+,10-;. The van der Waals surface area contributed by atoms with Gasteiger partial charge in [0.1, 0.15) is 0 Å². The van der Waals surface area contributed by atoms with Gasteiger partial charge in [0.05, 0.1) is 0 Å². The van der Waals surface area contributed by atoms with Crippen molar-refractivity contribution < 1.29 is 0 Å². The van der Waals surface area contributed by atoms with Gasteiger partial charge < -0.3 is 0 Å². The first-order valence-corrected chi connectivity index (χ1v) is 15.3. The zero-order chi connectivity index (χ0) is 20.3. The fourth-order valence-corrected chi connectivity index (χ4v) is 13.2. The van der Waals surface area contributed by atoms with E-state index in [1.807, 2.05) is 0 Å². The molecule has 0 aliphatic heterocycles. The fraction of sp³-hybridized carbons (Fsp3) is 1.00. The first kappa shape index (κ1) is 19.3. The van der Waals surface area contributed by atoms with Crippen LogP contribution in [0.3, 0.4) is 0 Å². The van der Waals surface area contributed by atoms with Gasteiger partial charge >= 0.3 is 0 Å². The van der Waals surface area contributed by atoms with Crippen molar-refractivity contribution in [1.29, 1.82) is 0 Å². The molecule has 0 heteroatoms. The van der Waals surface area contributed by atoms with E-state index in [0.29, 0.717) is 0 Å². The van der Waals surface area contributed by atoms with E-state index >= 15 is 0 Å². The highest BCUT2D eigenvalue weighted by molar-refractivity contribution is 5.29. The van der Waals surface area contributed by atoms with Gasteiger partial charge in [0.15, 0.2) is 0 Å². The van der Waals surface area contributed by atoms with Crippen LogP contribution in [0, 0.1) is 88.8 Å². The molecule has 11 rings (SSSR count). The van der Waals surface area contributed by atoms with Gasteiger partial charge in [-0.15, -0.1) is 0 Å². The van der Waals surface area contributed by atoms with E-state index in [4.69, 9.17) is 0 Å². The molecular weight excluding hydrogens is 372 g/mol. The lowest BCUT2D eigenvalue weighted by Gasteiger charge is -2.34.